The van der Waals surface area contributed by atoms with Crippen molar-refractivity contribution in [3.05, 3.63) is 70.5 Å². The average molecular weight is 451 g/mol. The summed E-state index contributed by atoms with van der Waals surface area (Å²) in [7, 11) is 0. The van der Waals surface area contributed by atoms with Crippen LogP contribution < -0.4 is 5.32 Å². The largest absolute Gasteiger partial charge is 0.354 e. The van der Waals surface area contributed by atoms with Crippen LogP contribution in [0.25, 0.3) is 0 Å². The first-order valence-corrected chi connectivity index (χ1v) is 11.6. The second-order valence-corrected chi connectivity index (χ2v) is 8.31. The minimum Gasteiger partial charge on any atom is -0.354 e. The highest BCUT2D eigenvalue weighted by atomic mass is 35.5. The summed E-state index contributed by atoms with van der Waals surface area (Å²) in [5.41, 5.74) is 1.34. The Hall–Kier alpha value is -2.05. The lowest BCUT2D eigenvalue weighted by Gasteiger charge is -2.31. The molecule has 0 aromatic heterocycles. The monoisotopic (exact) mass is 450 g/mol. The summed E-state index contributed by atoms with van der Waals surface area (Å²) in [6, 6.07) is 13.2. The number of nitrogens with one attached hydrogen (secondary N) is 1. The Morgan fingerprint density at radius 3 is 2.40 bits per heavy atom. The summed E-state index contributed by atoms with van der Waals surface area (Å²) in [6.45, 7) is 4.67. The molecule has 30 heavy (non-hydrogen) atoms. The van der Waals surface area contributed by atoms with Crippen molar-refractivity contribution >= 4 is 35.2 Å². The van der Waals surface area contributed by atoms with Gasteiger partial charge in [0.05, 0.1) is 5.75 Å². The van der Waals surface area contributed by atoms with E-state index in [0.717, 1.165) is 12.0 Å². The maximum absolute atomic E-state index is 13.8. The van der Waals surface area contributed by atoms with Gasteiger partial charge in [-0.05, 0) is 36.1 Å². The van der Waals surface area contributed by atoms with Crippen LogP contribution in [0.15, 0.2) is 48.5 Å². The summed E-state index contributed by atoms with van der Waals surface area (Å²) in [4.78, 5) is 27.4. The van der Waals surface area contributed by atoms with Crippen LogP contribution >= 0.6 is 23.4 Å². The van der Waals surface area contributed by atoms with E-state index in [9.17, 15) is 14.0 Å². The molecule has 0 spiro atoms. The van der Waals surface area contributed by atoms with Crippen LogP contribution in [0, 0.1) is 5.82 Å². The van der Waals surface area contributed by atoms with Gasteiger partial charge in [-0.2, -0.15) is 0 Å². The van der Waals surface area contributed by atoms with Crippen molar-refractivity contribution in [3.8, 4) is 0 Å². The Balaban J connectivity index is 2.14. The number of carbonyl (C=O) groups is 2. The van der Waals surface area contributed by atoms with Crippen LogP contribution in [0.4, 0.5) is 4.39 Å². The van der Waals surface area contributed by atoms with E-state index in [2.05, 4.69) is 5.32 Å². The minimum atomic E-state index is -0.589. The molecule has 0 aliphatic carbocycles. The van der Waals surface area contributed by atoms with E-state index >= 15 is 0 Å². The number of hydrogen-bond donors (Lipinski definition) is 1. The van der Waals surface area contributed by atoms with E-state index in [-0.39, 0.29) is 29.9 Å². The molecule has 2 aromatic rings. The molecule has 0 heterocycles. The van der Waals surface area contributed by atoms with Crippen LogP contribution in [0.2, 0.25) is 5.02 Å². The van der Waals surface area contributed by atoms with Crippen molar-refractivity contribution in [2.45, 2.75) is 45.0 Å². The van der Waals surface area contributed by atoms with Crippen molar-refractivity contribution in [1.29, 1.82) is 0 Å². The molecule has 7 heteroatoms. The molecular formula is C23H28ClFN2O2S. The summed E-state index contributed by atoms with van der Waals surface area (Å²) >= 11 is 7.63. The van der Waals surface area contributed by atoms with Gasteiger partial charge in [0.15, 0.2) is 0 Å². The van der Waals surface area contributed by atoms with E-state index in [0.29, 0.717) is 29.3 Å². The topological polar surface area (TPSA) is 49.4 Å². The number of benzene rings is 2. The number of thioether (sulfide) groups is 1. The van der Waals surface area contributed by atoms with Crippen LogP contribution in [-0.2, 0) is 21.9 Å². The number of nitrogens with zero attached hydrogens (tertiary/aromatic N) is 1. The second kappa shape index (κ2) is 12.6. The fraction of sp³-hybridized carbons (Fsp3) is 0.391. The first kappa shape index (κ1) is 24.2. The fourth-order valence-electron chi connectivity index (χ4n) is 3.04. The molecule has 0 aliphatic rings. The number of amides is 2. The maximum atomic E-state index is 13.8. The molecular weight excluding hydrogens is 423 g/mol. The van der Waals surface area contributed by atoms with Gasteiger partial charge >= 0.3 is 0 Å². The van der Waals surface area contributed by atoms with Crippen molar-refractivity contribution in [2.24, 2.45) is 0 Å². The molecule has 1 atom stereocenters. The van der Waals surface area contributed by atoms with E-state index in [1.54, 1.807) is 29.2 Å². The molecule has 2 aromatic carbocycles. The zero-order chi connectivity index (χ0) is 21.9. The SMILES string of the molecule is CCCNC(=O)[C@@H](CC)N(Cc1ccccc1Cl)C(=O)CSCc1ccccc1F. The lowest BCUT2D eigenvalue weighted by atomic mass is 10.1. The third-order valence-electron chi connectivity index (χ3n) is 4.67. The summed E-state index contributed by atoms with van der Waals surface area (Å²) < 4.78 is 13.8. The molecule has 0 unspecified atom stereocenters. The van der Waals surface area contributed by atoms with Gasteiger partial charge in [-0.15, -0.1) is 11.8 Å². The quantitative estimate of drug-likeness (QED) is 0.521. The highest BCUT2D eigenvalue weighted by Gasteiger charge is 2.28. The molecule has 2 rings (SSSR count). The lowest BCUT2D eigenvalue weighted by Crippen LogP contribution is -2.49. The van der Waals surface area contributed by atoms with Crippen molar-refractivity contribution in [3.63, 3.8) is 0 Å². The number of rotatable bonds is 11. The van der Waals surface area contributed by atoms with Crippen molar-refractivity contribution < 1.29 is 14.0 Å². The summed E-state index contributed by atoms with van der Waals surface area (Å²) in [5, 5.41) is 3.44. The standard InChI is InChI=1S/C23H28ClFN2O2S/c1-3-13-26-23(29)21(4-2)27(14-17-9-5-7-11-19(17)24)22(28)16-30-15-18-10-6-8-12-20(18)25/h5-12,21H,3-4,13-16H2,1-2H3,(H,26,29)/t21-/m1/s1. The highest BCUT2D eigenvalue weighted by molar-refractivity contribution is 7.99. The van der Waals surface area contributed by atoms with Crippen molar-refractivity contribution in [1.82, 2.24) is 10.2 Å². The van der Waals surface area contributed by atoms with Crippen molar-refractivity contribution in [2.75, 3.05) is 12.3 Å². The maximum Gasteiger partial charge on any atom is 0.242 e. The Kier molecular flexibility index (Phi) is 10.2. The van der Waals surface area contributed by atoms with Gasteiger partial charge in [0.2, 0.25) is 11.8 Å². The summed E-state index contributed by atoms with van der Waals surface area (Å²) in [6.07, 6.45) is 1.31. The first-order valence-electron chi connectivity index (χ1n) is 10.1. The Labute approximate surface area is 187 Å². The zero-order valence-electron chi connectivity index (χ0n) is 17.4. The predicted molar refractivity (Wildman–Crippen MR) is 122 cm³/mol. The highest BCUT2D eigenvalue weighted by Crippen LogP contribution is 2.22. The third kappa shape index (κ3) is 7.03. The Morgan fingerprint density at radius 1 is 1.10 bits per heavy atom. The van der Waals surface area contributed by atoms with Gasteiger partial charge < -0.3 is 10.2 Å². The average Bonchev–Trinajstić information content (AvgIpc) is 2.74. The van der Waals surface area contributed by atoms with Gasteiger partial charge in [-0.1, -0.05) is 61.8 Å². The molecule has 0 aliphatic heterocycles. The molecule has 4 nitrogen and oxygen atoms in total. The molecule has 1 N–H and O–H groups in total. The van der Waals surface area contributed by atoms with Gasteiger partial charge in [0.25, 0.3) is 0 Å². The second-order valence-electron chi connectivity index (χ2n) is 6.91. The molecule has 0 saturated carbocycles. The van der Waals surface area contributed by atoms with Crippen LogP contribution in [0.5, 0.6) is 0 Å². The van der Waals surface area contributed by atoms with E-state index in [4.69, 9.17) is 11.6 Å². The third-order valence-corrected chi connectivity index (χ3v) is 6.01. The van der Waals surface area contributed by atoms with E-state index in [1.807, 2.05) is 32.0 Å². The Morgan fingerprint density at radius 2 is 1.77 bits per heavy atom. The molecule has 162 valence electrons. The first-order chi connectivity index (χ1) is 14.5. The molecule has 0 saturated heterocycles. The zero-order valence-corrected chi connectivity index (χ0v) is 18.9. The van der Waals surface area contributed by atoms with Crippen LogP contribution in [0.1, 0.15) is 37.8 Å². The molecule has 0 radical (unpaired) electrons. The number of halogens is 2. The fourth-order valence-corrected chi connectivity index (χ4v) is 4.13. The number of hydrogen-bond acceptors (Lipinski definition) is 3. The summed E-state index contributed by atoms with van der Waals surface area (Å²) in [5.74, 6) is -0.0857. The minimum absolute atomic E-state index is 0.149. The van der Waals surface area contributed by atoms with E-state index < -0.39 is 6.04 Å². The normalized spacial score (nSPS) is 11.7. The van der Waals surface area contributed by atoms with Gasteiger partial charge in [-0.3, -0.25) is 9.59 Å². The molecule has 2 amide bonds. The predicted octanol–water partition coefficient (Wildman–Crippen LogP) is 5.05. The van der Waals surface area contributed by atoms with Gasteiger partial charge in [0, 0.05) is 23.9 Å². The molecule has 0 fully saturated rings. The smallest absolute Gasteiger partial charge is 0.242 e. The molecule has 0 bridgehead atoms. The van der Waals surface area contributed by atoms with Gasteiger partial charge in [-0.25, -0.2) is 4.39 Å². The number of carbonyl (C=O) groups excluding carboxylic acids is 2. The van der Waals surface area contributed by atoms with Gasteiger partial charge in [0.1, 0.15) is 11.9 Å². The Bertz CT molecular complexity index is 849. The lowest BCUT2D eigenvalue weighted by molar-refractivity contribution is -0.139. The van der Waals surface area contributed by atoms with E-state index in [1.165, 1.54) is 17.8 Å². The van der Waals surface area contributed by atoms with Crippen LogP contribution in [-0.4, -0.2) is 35.1 Å². The van der Waals surface area contributed by atoms with Crippen LogP contribution in [0.3, 0.4) is 0 Å².